The van der Waals surface area contributed by atoms with Crippen molar-refractivity contribution in [2.45, 2.75) is 31.6 Å². The zero-order chi connectivity index (χ0) is 24.7. The molecular formula is C24H31FN4O4S. The van der Waals surface area contributed by atoms with E-state index in [2.05, 4.69) is 17.0 Å². The van der Waals surface area contributed by atoms with Crippen LogP contribution in [-0.4, -0.2) is 69.3 Å². The average Bonchev–Trinajstić information content (AvgIpc) is 2.81. The predicted octanol–water partition coefficient (Wildman–Crippen LogP) is 2.61. The summed E-state index contributed by atoms with van der Waals surface area (Å²) in [5.41, 5.74) is 1.21. The third-order valence-electron chi connectivity index (χ3n) is 5.73. The fourth-order valence-corrected chi connectivity index (χ4v) is 4.76. The maximum atomic E-state index is 13.2. The smallest absolute Gasteiger partial charge is 0.261 e. The number of amides is 2. The second-order valence-electron chi connectivity index (χ2n) is 8.36. The van der Waals surface area contributed by atoms with Crippen molar-refractivity contribution in [3.63, 3.8) is 0 Å². The maximum absolute atomic E-state index is 13.2. The Hall–Kier alpha value is -2.98. The van der Waals surface area contributed by atoms with Crippen molar-refractivity contribution in [1.82, 2.24) is 15.1 Å². The molecule has 0 unspecified atom stereocenters. The Morgan fingerprint density at radius 1 is 1.03 bits per heavy atom. The summed E-state index contributed by atoms with van der Waals surface area (Å²) in [6.07, 6.45) is 1.97. The molecule has 0 bridgehead atoms. The lowest BCUT2D eigenvalue weighted by molar-refractivity contribution is -0.122. The summed E-state index contributed by atoms with van der Waals surface area (Å²) in [5.74, 6) is -0.734. The minimum Gasteiger partial charge on any atom is -0.355 e. The zero-order valence-electron chi connectivity index (χ0n) is 19.5. The molecule has 0 aromatic heterocycles. The molecule has 0 radical (unpaired) electrons. The number of halogens is 1. The molecule has 1 saturated heterocycles. The first-order valence-corrected chi connectivity index (χ1v) is 12.9. The first-order valence-electron chi connectivity index (χ1n) is 11.4. The van der Waals surface area contributed by atoms with Gasteiger partial charge in [-0.25, -0.2) is 12.8 Å². The van der Waals surface area contributed by atoms with Crippen LogP contribution in [0, 0.1) is 12.7 Å². The molecule has 0 saturated carbocycles. The Kier molecular flexibility index (Phi) is 8.62. The molecule has 2 aromatic rings. The zero-order valence-corrected chi connectivity index (χ0v) is 20.3. The number of unbranched alkanes of at least 4 members (excludes halogenated alkanes) is 1. The first kappa shape index (κ1) is 25.6. The first-order chi connectivity index (χ1) is 16.2. The lowest BCUT2D eigenvalue weighted by Gasteiger charge is -2.34. The van der Waals surface area contributed by atoms with Gasteiger partial charge in [0.1, 0.15) is 5.82 Å². The van der Waals surface area contributed by atoms with Gasteiger partial charge in [0.25, 0.3) is 15.9 Å². The highest BCUT2D eigenvalue weighted by molar-refractivity contribution is 7.92. The van der Waals surface area contributed by atoms with Crippen molar-refractivity contribution in [3.05, 3.63) is 59.4 Å². The van der Waals surface area contributed by atoms with E-state index in [1.54, 1.807) is 17.9 Å². The van der Waals surface area contributed by atoms with Crippen LogP contribution in [0.3, 0.4) is 0 Å². The predicted molar refractivity (Wildman–Crippen MR) is 129 cm³/mol. The van der Waals surface area contributed by atoms with Crippen molar-refractivity contribution in [3.8, 4) is 0 Å². The number of nitrogens with zero attached hydrogens (tertiary/aromatic N) is 2. The van der Waals surface area contributed by atoms with E-state index in [1.165, 1.54) is 24.3 Å². The Morgan fingerprint density at radius 3 is 2.35 bits per heavy atom. The van der Waals surface area contributed by atoms with Gasteiger partial charge in [-0.1, -0.05) is 19.4 Å². The fourth-order valence-electron chi connectivity index (χ4n) is 3.67. The van der Waals surface area contributed by atoms with Crippen LogP contribution < -0.4 is 10.0 Å². The quantitative estimate of drug-likeness (QED) is 0.527. The molecule has 1 heterocycles. The summed E-state index contributed by atoms with van der Waals surface area (Å²) < 4.78 is 41.1. The van der Waals surface area contributed by atoms with Gasteiger partial charge in [-0.15, -0.1) is 0 Å². The van der Waals surface area contributed by atoms with E-state index in [0.717, 1.165) is 25.0 Å². The molecule has 0 aliphatic carbocycles. The van der Waals surface area contributed by atoms with E-state index in [1.807, 2.05) is 4.90 Å². The monoisotopic (exact) mass is 490 g/mol. The van der Waals surface area contributed by atoms with Gasteiger partial charge in [-0.3, -0.25) is 19.2 Å². The molecule has 34 heavy (non-hydrogen) atoms. The highest BCUT2D eigenvalue weighted by atomic mass is 32.2. The molecule has 10 heteroatoms. The van der Waals surface area contributed by atoms with Crippen LogP contribution in [0.5, 0.6) is 0 Å². The molecule has 184 valence electrons. The van der Waals surface area contributed by atoms with Gasteiger partial charge in [-0.2, -0.15) is 0 Å². The van der Waals surface area contributed by atoms with Gasteiger partial charge in [0.05, 0.1) is 11.4 Å². The number of nitrogens with one attached hydrogen (secondary N) is 2. The van der Waals surface area contributed by atoms with Crippen molar-refractivity contribution in [1.29, 1.82) is 0 Å². The van der Waals surface area contributed by atoms with Gasteiger partial charge in [0, 0.05) is 44.0 Å². The van der Waals surface area contributed by atoms with E-state index < -0.39 is 15.8 Å². The maximum Gasteiger partial charge on any atom is 0.261 e. The lowest BCUT2D eigenvalue weighted by atomic mass is 10.1. The normalized spacial score (nSPS) is 14.6. The molecule has 3 rings (SSSR count). The number of piperazine rings is 1. The third-order valence-corrected chi connectivity index (χ3v) is 7.10. The van der Waals surface area contributed by atoms with E-state index in [-0.39, 0.29) is 22.4 Å². The van der Waals surface area contributed by atoms with Crippen LogP contribution in [0.15, 0.2) is 47.4 Å². The summed E-state index contributed by atoms with van der Waals surface area (Å²) in [5, 5.41) is 2.90. The number of carbonyl (C=O) groups excluding carboxylic acids is 2. The molecular weight excluding hydrogens is 459 g/mol. The number of hydrogen-bond donors (Lipinski definition) is 2. The van der Waals surface area contributed by atoms with Gasteiger partial charge in [0.2, 0.25) is 5.91 Å². The summed E-state index contributed by atoms with van der Waals surface area (Å²) in [6, 6.07) is 9.40. The second kappa shape index (κ2) is 11.4. The number of benzene rings is 2. The van der Waals surface area contributed by atoms with Crippen LogP contribution in [-0.2, 0) is 14.8 Å². The number of sulfonamides is 1. The van der Waals surface area contributed by atoms with Crippen LogP contribution in [0.4, 0.5) is 10.1 Å². The Bertz CT molecular complexity index is 1110. The minimum atomic E-state index is -3.96. The van der Waals surface area contributed by atoms with Crippen molar-refractivity contribution in [2.75, 3.05) is 44.0 Å². The standard InChI is InChI=1S/C24H31FN4O4S/c1-3-4-11-26-23(30)17-28-12-14-29(15-13-28)24(31)22-16-21(10-5-18(22)2)34(32,33)27-20-8-6-19(25)7-9-20/h5-10,16,27H,3-4,11-15,17H2,1-2H3,(H,26,30). The average molecular weight is 491 g/mol. The van der Waals surface area contributed by atoms with Crippen molar-refractivity contribution >= 4 is 27.5 Å². The minimum absolute atomic E-state index is 0.0179. The van der Waals surface area contributed by atoms with Crippen LogP contribution in [0.2, 0.25) is 0 Å². The summed E-state index contributed by atoms with van der Waals surface area (Å²) >= 11 is 0. The van der Waals surface area contributed by atoms with Crippen molar-refractivity contribution in [2.24, 2.45) is 0 Å². The van der Waals surface area contributed by atoms with Gasteiger partial charge < -0.3 is 10.2 Å². The number of hydrogen-bond acceptors (Lipinski definition) is 5. The molecule has 1 fully saturated rings. The van der Waals surface area contributed by atoms with E-state index in [9.17, 15) is 22.4 Å². The Morgan fingerprint density at radius 2 is 1.71 bits per heavy atom. The van der Waals surface area contributed by atoms with E-state index in [4.69, 9.17) is 0 Å². The summed E-state index contributed by atoms with van der Waals surface area (Å²) in [7, 11) is -3.96. The summed E-state index contributed by atoms with van der Waals surface area (Å²) in [6.45, 7) is 6.82. The summed E-state index contributed by atoms with van der Waals surface area (Å²) in [4.78, 5) is 28.8. The van der Waals surface area contributed by atoms with E-state index in [0.29, 0.717) is 50.4 Å². The molecule has 2 amide bonds. The highest BCUT2D eigenvalue weighted by Crippen LogP contribution is 2.21. The fraction of sp³-hybridized carbons (Fsp3) is 0.417. The molecule has 2 N–H and O–H groups in total. The number of rotatable bonds is 9. The molecule has 1 aliphatic rings. The van der Waals surface area contributed by atoms with Crippen LogP contribution >= 0.6 is 0 Å². The lowest BCUT2D eigenvalue weighted by Crippen LogP contribution is -2.51. The van der Waals surface area contributed by atoms with Gasteiger partial charge >= 0.3 is 0 Å². The van der Waals surface area contributed by atoms with Crippen LogP contribution in [0.25, 0.3) is 0 Å². The third kappa shape index (κ3) is 6.77. The van der Waals surface area contributed by atoms with Gasteiger partial charge in [0.15, 0.2) is 0 Å². The largest absolute Gasteiger partial charge is 0.355 e. The molecule has 8 nitrogen and oxygen atoms in total. The van der Waals surface area contributed by atoms with E-state index >= 15 is 0 Å². The SMILES string of the molecule is CCCCNC(=O)CN1CCN(C(=O)c2cc(S(=O)(=O)Nc3ccc(F)cc3)ccc2C)CC1. The molecule has 1 aliphatic heterocycles. The van der Waals surface area contributed by atoms with Gasteiger partial charge in [-0.05, 0) is 55.3 Å². The highest BCUT2D eigenvalue weighted by Gasteiger charge is 2.26. The second-order valence-corrected chi connectivity index (χ2v) is 10.0. The number of carbonyl (C=O) groups is 2. The number of aryl methyl sites for hydroxylation is 1. The van der Waals surface area contributed by atoms with Crippen LogP contribution in [0.1, 0.15) is 35.7 Å². The molecule has 0 atom stereocenters. The molecule has 2 aromatic carbocycles. The topological polar surface area (TPSA) is 98.8 Å². The number of anilines is 1. The van der Waals surface area contributed by atoms with Crippen molar-refractivity contribution < 1.29 is 22.4 Å². The molecule has 0 spiro atoms. The Balaban J connectivity index is 1.64. The Labute approximate surface area is 200 Å².